The fourth-order valence-corrected chi connectivity index (χ4v) is 3.95. The van der Waals surface area contributed by atoms with E-state index in [1.807, 2.05) is 35.2 Å². The molecule has 146 valence electrons. The number of hydrogen-bond acceptors (Lipinski definition) is 4. The van der Waals surface area contributed by atoms with Crippen molar-refractivity contribution in [1.82, 2.24) is 4.90 Å². The number of hydrogen-bond donors (Lipinski definition) is 2. The van der Waals surface area contributed by atoms with E-state index >= 15 is 0 Å². The molecule has 2 heterocycles. The van der Waals surface area contributed by atoms with Crippen molar-refractivity contribution in [2.24, 2.45) is 0 Å². The summed E-state index contributed by atoms with van der Waals surface area (Å²) in [5.41, 5.74) is 0.900. The average Bonchev–Trinajstić information content (AvgIpc) is 2.67. The van der Waals surface area contributed by atoms with Gasteiger partial charge in [-0.05, 0) is 29.8 Å². The van der Waals surface area contributed by atoms with E-state index in [0.717, 1.165) is 17.7 Å². The Morgan fingerprint density at radius 1 is 1.14 bits per heavy atom. The lowest BCUT2D eigenvalue weighted by molar-refractivity contribution is -0.139. The van der Waals surface area contributed by atoms with E-state index in [4.69, 9.17) is 9.84 Å². The van der Waals surface area contributed by atoms with Gasteiger partial charge in [0, 0.05) is 37.1 Å². The van der Waals surface area contributed by atoms with Crippen molar-refractivity contribution in [3.05, 3.63) is 59.2 Å². The maximum absolute atomic E-state index is 14.0. The number of ether oxygens (including phenoxy) is 1. The first kappa shape index (κ1) is 18.4. The summed E-state index contributed by atoms with van der Waals surface area (Å²) in [4.78, 5) is 12.8. The minimum atomic E-state index is -1.03. The van der Waals surface area contributed by atoms with Gasteiger partial charge in [-0.25, -0.2) is 8.78 Å². The van der Waals surface area contributed by atoms with Crippen molar-refractivity contribution >= 4 is 17.6 Å². The molecule has 28 heavy (non-hydrogen) atoms. The number of benzene rings is 2. The molecule has 0 aromatic heterocycles. The topological polar surface area (TPSA) is 70.0 Å². The highest BCUT2D eigenvalue weighted by atomic mass is 19.1. The number of phenols is 1. The van der Waals surface area contributed by atoms with Crippen molar-refractivity contribution in [3.8, 4) is 11.5 Å². The zero-order chi connectivity index (χ0) is 19.9. The third-order valence-electron chi connectivity index (χ3n) is 5.37. The fourth-order valence-electron chi connectivity index (χ4n) is 3.95. The molecule has 0 amide bonds. The molecule has 1 saturated heterocycles. The van der Waals surface area contributed by atoms with Crippen LogP contribution in [-0.4, -0.2) is 46.3 Å². The van der Waals surface area contributed by atoms with E-state index < -0.39 is 29.0 Å². The highest BCUT2D eigenvalue weighted by Crippen LogP contribution is 2.46. The molecule has 0 radical (unpaired) electrons. The number of piperidine rings is 1. The smallest absolute Gasteiger partial charge is 0.317 e. The van der Waals surface area contributed by atoms with Gasteiger partial charge in [0.05, 0.1) is 6.54 Å². The Labute approximate surface area is 160 Å². The van der Waals surface area contributed by atoms with Gasteiger partial charge >= 0.3 is 5.97 Å². The SMILES string of the molecule is O=C(O)CN1CCC2(CC1)Oc1ccccc1C=C2c1cc(F)c(O)c(F)c1. The van der Waals surface area contributed by atoms with E-state index in [0.29, 0.717) is 42.8 Å². The van der Waals surface area contributed by atoms with E-state index in [-0.39, 0.29) is 6.54 Å². The molecule has 0 atom stereocenters. The number of fused-ring (bicyclic) bond motifs is 1. The molecule has 0 unspecified atom stereocenters. The quantitative estimate of drug-likeness (QED) is 0.843. The third kappa shape index (κ3) is 3.22. The van der Waals surface area contributed by atoms with Gasteiger partial charge in [0.2, 0.25) is 0 Å². The number of aliphatic carboxylic acids is 1. The van der Waals surface area contributed by atoms with Crippen LogP contribution in [0.1, 0.15) is 24.0 Å². The lowest BCUT2D eigenvalue weighted by Crippen LogP contribution is -2.50. The van der Waals surface area contributed by atoms with Gasteiger partial charge in [-0.3, -0.25) is 9.69 Å². The van der Waals surface area contributed by atoms with Gasteiger partial charge in [0.1, 0.15) is 11.4 Å². The van der Waals surface area contributed by atoms with Gasteiger partial charge in [-0.1, -0.05) is 18.2 Å². The summed E-state index contributed by atoms with van der Waals surface area (Å²) in [6.07, 6.45) is 2.81. The lowest BCUT2D eigenvalue weighted by Gasteiger charge is -2.45. The summed E-state index contributed by atoms with van der Waals surface area (Å²) in [6.45, 7) is 0.901. The third-order valence-corrected chi connectivity index (χ3v) is 5.37. The molecular formula is C21H19F2NO4. The van der Waals surface area contributed by atoms with Crippen LogP contribution in [0, 0.1) is 11.6 Å². The normalized spacial score (nSPS) is 18.3. The molecule has 2 aromatic rings. The molecule has 0 aliphatic carbocycles. The van der Waals surface area contributed by atoms with Crippen LogP contribution in [0.5, 0.6) is 11.5 Å². The van der Waals surface area contributed by atoms with E-state index in [1.165, 1.54) is 0 Å². The molecule has 0 saturated carbocycles. The molecule has 2 aliphatic rings. The van der Waals surface area contributed by atoms with Crippen LogP contribution in [0.4, 0.5) is 8.78 Å². The molecule has 1 fully saturated rings. The largest absolute Gasteiger partial charge is 0.503 e. The van der Waals surface area contributed by atoms with Crippen LogP contribution >= 0.6 is 0 Å². The number of likely N-dealkylation sites (tertiary alicyclic amines) is 1. The predicted octanol–water partition coefficient (Wildman–Crippen LogP) is 3.52. The number of carboxylic acids is 1. The van der Waals surface area contributed by atoms with Gasteiger partial charge in [-0.2, -0.15) is 0 Å². The number of carboxylic acid groups (broad SMARTS) is 1. The summed E-state index contributed by atoms with van der Waals surface area (Å²) in [7, 11) is 0. The molecule has 1 spiro atoms. The van der Waals surface area contributed by atoms with E-state index in [9.17, 15) is 18.7 Å². The van der Waals surface area contributed by atoms with E-state index in [2.05, 4.69) is 0 Å². The average molecular weight is 387 g/mol. The van der Waals surface area contributed by atoms with Gasteiger partial charge in [0.25, 0.3) is 0 Å². The summed E-state index contributed by atoms with van der Waals surface area (Å²) < 4.78 is 34.4. The maximum Gasteiger partial charge on any atom is 0.317 e. The van der Waals surface area contributed by atoms with Crippen molar-refractivity contribution in [2.45, 2.75) is 18.4 Å². The van der Waals surface area contributed by atoms with Crippen LogP contribution in [0.25, 0.3) is 11.6 Å². The Morgan fingerprint density at radius 2 is 1.79 bits per heavy atom. The Morgan fingerprint density at radius 3 is 2.43 bits per heavy atom. The molecule has 5 nitrogen and oxygen atoms in total. The van der Waals surface area contributed by atoms with Crippen LogP contribution < -0.4 is 4.74 Å². The Bertz CT molecular complexity index is 942. The molecule has 2 aliphatic heterocycles. The number of nitrogens with zero attached hydrogens (tertiary/aromatic N) is 1. The first-order valence-corrected chi connectivity index (χ1v) is 9.01. The van der Waals surface area contributed by atoms with Crippen molar-refractivity contribution < 1.29 is 28.5 Å². The number of para-hydroxylation sites is 1. The second-order valence-electron chi connectivity index (χ2n) is 7.15. The number of aromatic hydroxyl groups is 1. The zero-order valence-corrected chi connectivity index (χ0v) is 15.0. The molecule has 0 bridgehead atoms. The molecular weight excluding hydrogens is 368 g/mol. The first-order chi connectivity index (χ1) is 13.4. The van der Waals surface area contributed by atoms with Gasteiger partial charge in [0.15, 0.2) is 17.4 Å². The van der Waals surface area contributed by atoms with Crippen LogP contribution in [-0.2, 0) is 4.79 Å². The minimum Gasteiger partial charge on any atom is -0.503 e. The highest BCUT2D eigenvalue weighted by Gasteiger charge is 2.43. The van der Waals surface area contributed by atoms with E-state index in [1.54, 1.807) is 0 Å². The lowest BCUT2D eigenvalue weighted by atomic mass is 9.77. The van der Waals surface area contributed by atoms with Crippen LogP contribution in [0.15, 0.2) is 36.4 Å². The maximum atomic E-state index is 14.0. The Kier molecular flexibility index (Phi) is 4.55. The molecule has 4 rings (SSSR count). The zero-order valence-electron chi connectivity index (χ0n) is 15.0. The Balaban J connectivity index is 1.76. The van der Waals surface area contributed by atoms with Crippen molar-refractivity contribution in [3.63, 3.8) is 0 Å². The summed E-state index contributed by atoms with van der Waals surface area (Å²) in [5.74, 6) is -3.30. The van der Waals surface area contributed by atoms with Gasteiger partial charge < -0.3 is 14.9 Å². The first-order valence-electron chi connectivity index (χ1n) is 9.01. The van der Waals surface area contributed by atoms with Crippen molar-refractivity contribution in [1.29, 1.82) is 0 Å². The second-order valence-corrected chi connectivity index (χ2v) is 7.15. The highest BCUT2D eigenvalue weighted by molar-refractivity contribution is 5.90. The molecule has 2 aromatic carbocycles. The monoisotopic (exact) mass is 387 g/mol. The van der Waals surface area contributed by atoms with Crippen LogP contribution in [0.3, 0.4) is 0 Å². The van der Waals surface area contributed by atoms with Crippen molar-refractivity contribution in [2.75, 3.05) is 19.6 Å². The summed E-state index contributed by atoms with van der Waals surface area (Å²) >= 11 is 0. The number of phenolic OH excluding ortho intramolecular Hbond substituents is 1. The minimum absolute atomic E-state index is 0.0613. The standard InChI is InChI=1S/C21H19F2NO4/c22-16-10-14(11-17(23)20(16)27)15-9-13-3-1-2-4-18(13)28-21(15)5-7-24(8-6-21)12-19(25)26/h1-4,9-11,27H,5-8,12H2,(H,25,26). The fraction of sp³-hybridized carbons (Fsp3) is 0.286. The number of halogens is 2. The predicted molar refractivity (Wildman–Crippen MR) is 99.0 cm³/mol. The summed E-state index contributed by atoms with van der Waals surface area (Å²) in [5, 5.41) is 18.5. The Hall–Kier alpha value is -2.93. The van der Waals surface area contributed by atoms with Gasteiger partial charge in [-0.15, -0.1) is 0 Å². The van der Waals surface area contributed by atoms with Crippen LogP contribution in [0.2, 0.25) is 0 Å². The number of rotatable bonds is 3. The number of carbonyl (C=O) groups is 1. The summed E-state index contributed by atoms with van der Waals surface area (Å²) in [6, 6.07) is 9.60. The molecule has 7 heteroatoms. The second kappa shape index (κ2) is 6.91. The molecule has 2 N–H and O–H groups in total.